The number of nitrogens with zero attached hydrogens (tertiary/aromatic N) is 2. The Balaban J connectivity index is 1.78. The first-order chi connectivity index (χ1) is 25.2. The van der Waals surface area contributed by atoms with Gasteiger partial charge in [-0.3, -0.25) is 0 Å². The van der Waals surface area contributed by atoms with E-state index in [1.54, 1.807) is 0 Å². The van der Waals surface area contributed by atoms with E-state index in [1.165, 1.54) is 156 Å². The van der Waals surface area contributed by atoms with Crippen LogP contribution in [0, 0.1) is 11.8 Å². The van der Waals surface area contributed by atoms with Crippen LogP contribution in [0.4, 0.5) is 0 Å². The van der Waals surface area contributed by atoms with Gasteiger partial charge in [0.15, 0.2) is 0 Å². The first-order valence-electron chi connectivity index (χ1n) is 21.5. The van der Waals surface area contributed by atoms with Crippen molar-refractivity contribution in [1.29, 1.82) is 0 Å². The van der Waals surface area contributed by atoms with Crippen molar-refractivity contribution in [3.63, 3.8) is 0 Å². The Labute approximate surface area is 315 Å². The molecule has 0 spiro atoms. The molecular weight excluding hydrogens is 617 g/mol. The Morgan fingerprint density at radius 2 is 1.12 bits per heavy atom. The highest BCUT2D eigenvalue weighted by atomic mass is 14.8. The maximum Gasteiger partial charge on any atom is 0.303 e. The van der Waals surface area contributed by atoms with Crippen LogP contribution >= 0.6 is 0 Å². The summed E-state index contributed by atoms with van der Waals surface area (Å²) in [5.74, 6) is 9.85. The second-order valence-electron chi connectivity index (χ2n) is 14.8. The lowest BCUT2D eigenvalue weighted by Crippen LogP contribution is -1.98. The van der Waals surface area contributed by atoms with Crippen molar-refractivity contribution in [3.8, 4) is 11.8 Å². The van der Waals surface area contributed by atoms with Crippen LogP contribution in [-0.2, 0) is 12.8 Å². The monoisotopic (exact) mass is 691 g/mol. The average Bonchev–Trinajstić information content (AvgIpc) is 3.15. The lowest BCUT2D eigenvalue weighted by atomic mass is 9.89. The van der Waals surface area contributed by atoms with Crippen LogP contribution in [0.1, 0.15) is 210 Å². The summed E-state index contributed by atoms with van der Waals surface area (Å²) in [6, 6.07) is 17.8. The average molecular weight is 691 g/mol. The van der Waals surface area contributed by atoms with Gasteiger partial charge in [0.2, 0.25) is 0 Å². The summed E-state index contributed by atoms with van der Waals surface area (Å²) in [6.07, 6.45) is 38.1. The van der Waals surface area contributed by atoms with Gasteiger partial charge in [0.05, 0.1) is 5.57 Å². The highest BCUT2D eigenvalue weighted by Crippen LogP contribution is 2.30. The molecule has 0 heterocycles. The maximum absolute atomic E-state index is 9.43. The number of hydrogen-bond donors (Lipinski definition) is 0. The van der Waals surface area contributed by atoms with Gasteiger partial charge < -0.3 is 5.53 Å². The molecule has 0 atom stereocenters. The zero-order valence-electron chi connectivity index (χ0n) is 33.4. The van der Waals surface area contributed by atoms with Gasteiger partial charge >= 0.3 is 5.87 Å². The van der Waals surface area contributed by atoms with Crippen LogP contribution in [0.15, 0.2) is 60.2 Å². The molecule has 0 amide bonds. The van der Waals surface area contributed by atoms with Crippen molar-refractivity contribution < 1.29 is 4.79 Å². The predicted octanol–water partition coefficient (Wildman–Crippen LogP) is 15.2. The molecule has 0 radical (unpaired) electrons. The fourth-order valence-corrected chi connectivity index (χ4v) is 7.05. The highest BCUT2D eigenvalue weighted by Gasteiger charge is 2.13. The number of benzene rings is 2. The highest BCUT2D eigenvalue weighted by molar-refractivity contribution is 5.85. The van der Waals surface area contributed by atoms with Crippen LogP contribution in [0.5, 0.6) is 0 Å². The molecule has 2 nitrogen and oxygen atoms in total. The summed E-state index contributed by atoms with van der Waals surface area (Å²) >= 11 is 0. The number of unbranched alkanes of at least 4 members (excludes halogenated alkanes) is 21. The minimum atomic E-state index is 0.851. The van der Waals surface area contributed by atoms with E-state index in [-0.39, 0.29) is 0 Å². The third-order valence-corrected chi connectivity index (χ3v) is 10.2. The summed E-state index contributed by atoms with van der Waals surface area (Å²) in [4.78, 5) is 3.32. The largest absolute Gasteiger partial charge is 0.348 e. The van der Waals surface area contributed by atoms with Crippen LogP contribution < -0.4 is 0 Å². The van der Waals surface area contributed by atoms with Crippen molar-refractivity contribution in [2.45, 2.75) is 201 Å². The van der Waals surface area contributed by atoms with E-state index >= 15 is 0 Å². The second kappa shape index (κ2) is 31.6. The molecule has 2 rings (SSSR count). The van der Waals surface area contributed by atoms with Gasteiger partial charge in [-0.25, -0.2) is 0 Å². The van der Waals surface area contributed by atoms with Gasteiger partial charge in [0.1, 0.15) is 0 Å². The fourth-order valence-electron chi connectivity index (χ4n) is 7.05. The molecule has 0 aliphatic rings. The van der Waals surface area contributed by atoms with Gasteiger partial charge in [0.25, 0.3) is 0 Å². The van der Waals surface area contributed by atoms with E-state index < -0.39 is 0 Å². The molecule has 0 aliphatic heterocycles. The maximum atomic E-state index is 9.43. The van der Waals surface area contributed by atoms with Crippen LogP contribution in [-0.4, -0.2) is 10.7 Å². The van der Waals surface area contributed by atoms with Crippen molar-refractivity contribution in [3.05, 3.63) is 88.0 Å². The number of allylic oxidation sites excluding steroid dienone is 2. The van der Waals surface area contributed by atoms with E-state index in [1.807, 2.05) is 0 Å². The number of aryl methyl sites for hydroxylation is 2. The molecule has 0 bridgehead atoms. The molecule has 0 aliphatic carbocycles. The van der Waals surface area contributed by atoms with Crippen molar-refractivity contribution >= 4 is 11.4 Å². The summed E-state index contributed by atoms with van der Waals surface area (Å²) in [7, 11) is 0. The van der Waals surface area contributed by atoms with E-state index in [0.29, 0.717) is 0 Å². The second-order valence-corrected chi connectivity index (χ2v) is 14.8. The van der Waals surface area contributed by atoms with Crippen molar-refractivity contribution in [1.82, 2.24) is 0 Å². The summed E-state index contributed by atoms with van der Waals surface area (Å²) < 4.78 is 0. The first-order valence-corrected chi connectivity index (χ1v) is 21.5. The van der Waals surface area contributed by atoms with E-state index in [2.05, 4.69) is 97.9 Å². The molecule has 280 valence electrons. The summed E-state index contributed by atoms with van der Waals surface area (Å²) in [5.41, 5.74) is 16.7. The molecule has 2 aromatic rings. The van der Waals surface area contributed by atoms with Crippen molar-refractivity contribution in [2.75, 3.05) is 0 Å². The fraction of sp³-hybridized carbons (Fsp3) is 0.633. The van der Waals surface area contributed by atoms with Gasteiger partial charge in [-0.05, 0) is 72.4 Å². The number of rotatable bonds is 30. The zero-order chi connectivity index (χ0) is 36.5. The van der Waals surface area contributed by atoms with Gasteiger partial charge in [0, 0.05) is 12.8 Å². The summed E-state index contributed by atoms with van der Waals surface area (Å²) in [6.45, 7) is 6.76. The molecular formula is C49H74N2. The van der Waals surface area contributed by atoms with Crippen LogP contribution in [0.25, 0.3) is 11.1 Å². The predicted molar refractivity (Wildman–Crippen MR) is 224 cm³/mol. The molecule has 51 heavy (non-hydrogen) atoms. The van der Waals surface area contributed by atoms with E-state index in [0.717, 1.165) is 56.9 Å². The third kappa shape index (κ3) is 21.8. The Kier molecular flexibility index (Phi) is 27.3. The Bertz CT molecular complexity index is 1340. The van der Waals surface area contributed by atoms with Crippen molar-refractivity contribution in [2.24, 2.45) is 0 Å². The van der Waals surface area contributed by atoms with E-state index in [4.69, 9.17) is 0 Å². The quantitative estimate of drug-likeness (QED) is 0.0195. The Hall–Kier alpha value is -3.10. The van der Waals surface area contributed by atoms with Gasteiger partial charge in [-0.1, -0.05) is 198 Å². The molecule has 0 saturated carbocycles. The smallest absolute Gasteiger partial charge is 0.303 e. The summed E-state index contributed by atoms with van der Waals surface area (Å²) in [5, 5.41) is 0. The Morgan fingerprint density at radius 3 is 1.73 bits per heavy atom. The first kappa shape index (κ1) is 44.1. The minimum absolute atomic E-state index is 0.851. The molecule has 0 fully saturated rings. The lowest BCUT2D eigenvalue weighted by Gasteiger charge is -2.15. The molecule has 0 aromatic heterocycles. The standard InChI is InChI=1S/C49H74N2/c1-4-7-10-11-12-13-14-15-16-17-18-19-20-21-22-23-24-25-26-27-28-30-37-46-38-31-32-40-48(46)49(42-45(43-51-50)35-29-8-5-2)47-39-33-36-44(41-47)34-9-6-3/h31-33,36,38-42H,4-26,29-30,34-35,37H2,1-3H3. The Morgan fingerprint density at radius 1 is 0.569 bits per heavy atom. The zero-order valence-corrected chi connectivity index (χ0v) is 33.4. The molecule has 0 N–H and O–H groups in total. The van der Waals surface area contributed by atoms with Crippen LogP contribution in [0.3, 0.4) is 0 Å². The lowest BCUT2D eigenvalue weighted by molar-refractivity contribution is 0.00746. The molecule has 0 saturated heterocycles. The van der Waals surface area contributed by atoms with Gasteiger partial charge in [-0.2, -0.15) is 0 Å². The topological polar surface area (TPSA) is 36.4 Å². The normalized spacial score (nSPS) is 11.2. The van der Waals surface area contributed by atoms with Gasteiger partial charge in [-0.15, -0.1) is 16.6 Å². The number of hydrogen-bond acceptors (Lipinski definition) is 0. The minimum Gasteiger partial charge on any atom is -0.348 e. The van der Waals surface area contributed by atoms with E-state index in [9.17, 15) is 5.53 Å². The molecule has 2 aromatic carbocycles. The SMILES string of the molecule is CCCCCCCCCCCCCCCCCCCCC#CCCc1ccccc1C(=CC(=C=[N+]=[N-])CCCCC)c1cccc(CCCC)c1. The third-order valence-electron chi connectivity index (χ3n) is 10.2. The molecule has 0 unspecified atom stereocenters. The van der Waals surface area contributed by atoms with Crippen LogP contribution in [0.2, 0.25) is 0 Å². The molecule has 2 heteroatoms.